The van der Waals surface area contributed by atoms with Gasteiger partial charge in [-0.05, 0) is 48.9 Å². The van der Waals surface area contributed by atoms with Gasteiger partial charge >= 0.3 is 0 Å². The number of nitrogens with zero attached hydrogens (tertiary/aromatic N) is 2. The van der Waals surface area contributed by atoms with Gasteiger partial charge in [0.05, 0.1) is 17.7 Å². The largest absolute Gasteiger partial charge is 0.467 e. The van der Waals surface area contributed by atoms with E-state index in [1.807, 2.05) is 0 Å². The fourth-order valence-corrected chi connectivity index (χ4v) is 4.19. The molecule has 0 fully saturated rings. The minimum atomic E-state index is -3.86. The molecule has 0 saturated carbocycles. The third-order valence-electron chi connectivity index (χ3n) is 3.57. The van der Waals surface area contributed by atoms with Gasteiger partial charge in [0.1, 0.15) is 11.6 Å². The Morgan fingerprint density at radius 1 is 1.12 bits per heavy atom. The van der Waals surface area contributed by atoms with Crippen LogP contribution in [0.25, 0.3) is 0 Å². The van der Waals surface area contributed by atoms with Crippen molar-refractivity contribution < 1.29 is 12.8 Å². The molecular weight excluding hydrogens is 348 g/mol. The number of sulfonamides is 1. The first-order valence-corrected chi connectivity index (χ1v) is 9.03. The highest BCUT2D eigenvalue weighted by atomic mass is 35.5. The minimum absolute atomic E-state index is 0.0400. The zero-order valence-corrected chi connectivity index (χ0v) is 14.5. The quantitative estimate of drug-likeness (QED) is 0.687. The molecule has 0 atom stereocenters. The summed E-state index contributed by atoms with van der Waals surface area (Å²) in [6.45, 7) is 1.72. The first-order valence-electron chi connectivity index (χ1n) is 7.21. The number of pyridine rings is 1. The molecular formula is C17H15ClN2O3S. The summed E-state index contributed by atoms with van der Waals surface area (Å²) in [4.78, 5) is 4.32. The molecule has 2 aromatic heterocycles. The van der Waals surface area contributed by atoms with Gasteiger partial charge in [-0.25, -0.2) is 17.7 Å². The van der Waals surface area contributed by atoms with Gasteiger partial charge in [-0.3, -0.25) is 0 Å². The van der Waals surface area contributed by atoms with Crippen molar-refractivity contribution in [1.29, 1.82) is 0 Å². The van der Waals surface area contributed by atoms with Crippen LogP contribution in [0.2, 0.25) is 5.02 Å². The zero-order chi connectivity index (χ0) is 17.2. The van der Waals surface area contributed by atoms with Crippen molar-refractivity contribution in [3.8, 4) is 0 Å². The lowest BCUT2D eigenvalue weighted by Crippen LogP contribution is -2.31. The monoisotopic (exact) mass is 362 g/mol. The van der Waals surface area contributed by atoms with E-state index < -0.39 is 10.0 Å². The summed E-state index contributed by atoms with van der Waals surface area (Å²) in [7, 11) is -3.86. The highest BCUT2D eigenvalue weighted by Gasteiger charge is 2.28. The van der Waals surface area contributed by atoms with Crippen molar-refractivity contribution in [1.82, 2.24) is 4.98 Å². The molecule has 0 N–H and O–H groups in total. The standard InChI is InChI=1S/C17H15ClN2O3S/c1-13-15(18)7-4-8-16(13)24(21,22)20(12-14-6-5-11-23-14)17-9-2-3-10-19-17/h2-11H,12H2,1H3. The second-order valence-electron chi connectivity index (χ2n) is 5.14. The molecule has 24 heavy (non-hydrogen) atoms. The van der Waals surface area contributed by atoms with E-state index in [9.17, 15) is 8.42 Å². The smallest absolute Gasteiger partial charge is 0.266 e. The van der Waals surface area contributed by atoms with Crippen molar-refractivity contribution >= 4 is 27.4 Å². The molecule has 3 rings (SSSR count). The van der Waals surface area contributed by atoms with Gasteiger partial charge in [0.2, 0.25) is 0 Å². The maximum absolute atomic E-state index is 13.2. The van der Waals surface area contributed by atoms with Crippen LogP contribution in [0.1, 0.15) is 11.3 Å². The average molecular weight is 363 g/mol. The van der Waals surface area contributed by atoms with Crippen LogP contribution < -0.4 is 4.31 Å². The summed E-state index contributed by atoms with van der Waals surface area (Å²) in [5.41, 5.74) is 0.500. The second kappa shape index (κ2) is 6.67. The van der Waals surface area contributed by atoms with Crippen molar-refractivity contribution in [3.05, 3.63) is 77.3 Å². The van der Waals surface area contributed by atoms with Gasteiger partial charge in [-0.15, -0.1) is 0 Å². The van der Waals surface area contributed by atoms with E-state index in [4.69, 9.17) is 16.0 Å². The summed E-state index contributed by atoms with van der Waals surface area (Å²) in [5.74, 6) is 0.831. The molecule has 0 aliphatic carbocycles. The number of aromatic nitrogens is 1. The molecule has 3 aromatic rings. The third kappa shape index (κ3) is 3.16. The summed E-state index contributed by atoms with van der Waals surface area (Å²) < 4.78 is 33.0. The lowest BCUT2D eigenvalue weighted by molar-refractivity contribution is 0.508. The predicted molar refractivity (Wildman–Crippen MR) is 92.5 cm³/mol. The second-order valence-corrected chi connectivity index (χ2v) is 7.38. The normalized spacial score (nSPS) is 11.4. The van der Waals surface area contributed by atoms with Gasteiger partial charge < -0.3 is 4.42 Å². The lowest BCUT2D eigenvalue weighted by Gasteiger charge is -2.23. The molecule has 5 nitrogen and oxygen atoms in total. The van der Waals surface area contributed by atoms with Crippen molar-refractivity contribution in [2.75, 3.05) is 4.31 Å². The van der Waals surface area contributed by atoms with Gasteiger partial charge in [0.15, 0.2) is 0 Å². The van der Waals surface area contributed by atoms with Gasteiger partial charge in [-0.2, -0.15) is 0 Å². The minimum Gasteiger partial charge on any atom is -0.467 e. The topological polar surface area (TPSA) is 63.4 Å². The number of halogens is 1. The molecule has 0 unspecified atom stereocenters. The molecule has 124 valence electrons. The van der Waals surface area contributed by atoms with Crippen LogP contribution in [0, 0.1) is 6.92 Å². The Morgan fingerprint density at radius 3 is 2.62 bits per heavy atom. The molecule has 0 aliphatic heterocycles. The molecule has 0 aliphatic rings. The number of hydrogen-bond acceptors (Lipinski definition) is 4. The first kappa shape index (κ1) is 16.5. The number of hydrogen-bond donors (Lipinski definition) is 0. The first-order chi connectivity index (χ1) is 11.5. The maximum Gasteiger partial charge on any atom is 0.266 e. The van der Waals surface area contributed by atoms with E-state index in [1.165, 1.54) is 16.6 Å². The van der Waals surface area contributed by atoms with Gasteiger partial charge in [0, 0.05) is 11.2 Å². The molecule has 0 radical (unpaired) electrons. The van der Waals surface area contributed by atoms with Crippen LogP contribution >= 0.6 is 11.6 Å². The van der Waals surface area contributed by atoms with E-state index in [1.54, 1.807) is 55.6 Å². The Labute approximate surface area is 145 Å². The van der Waals surface area contributed by atoms with E-state index in [-0.39, 0.29) is 11.4 Å². The summed E-state index contributed by atoms with van der Waals surface area (Å²) in [6, 6.07) is 13.3. The van der Waals surface area contributed by atoms with E-state index in [0.717, 1.165) is 0 Å². The van der Waals surface area contributed by atoms with E-state index in [0.29, 0.717) is 22.2 Å². The fraction of sp³-hybridized carbons (Fsp3) is 0.118. The van der Waals surface area contributed by atoms with Crippen LogP contribution in [-0.4, -0.2) is 13.4 Å². The lowest BCUT2D eigenvalue weighted by atomic mass is 10.2. The van der Waals surface area contributed by atoms with Gasteiger partial charge in [-0.1, -0.05) is 23.7 Å². The molecule has 1 aromatic carbocycles. The number of furan rings is 1. The highest BCUT2D eigenvalue weighted by Crippen LogP contribution is 2.29. The summed E-state index contributed by atoms with van der Waals surface area (Å²) in [5, 5.41) is 0.398. The van der Waals surface area contributed by atoms with Crippen LogP contribution in [-0.2, 0) is 16.6 Å². The number of rotatable bonds is 5. The number of benzene rings is 1. The summed E-state index contributed by atoms with van der Waals surface area (Å²) in [6.07, 6.45) is 3.05. The highest BCUT2D eigenvalue weighted by molar-refractivity contribution is 7.92. The molecule has 7 heteroatoms. The average Bonchev–Trinajstić information content (AvgIpc) is 3.09. The van der Waals surface area contributed by atoms with Gasteiger partial charge in [0.25, 0.3) is 10.0 Å². The Balaban J connectivity index is 2.12. The molecule has 0 spiro atoms. The summed E-state index contributed by atoms with van der Waals surface area (Å²) >= 11 is 6.10. The Hall–Kier alpha value is -2.31. The molecule has 0 amide bonds. The number of anilines is 1. The Kier molecular flexibility index (Phi) is 4.59. The molecule has 0 bridgehead atoms. The van der Waals surface area contributed by atoms with Crippen LogP contribution in [0.5, 0.6) is 0 Å². The van der Waals surface area contributed by atoms with Crippen LogP contribution in [0.3, 0.4) is 0 Å². The van der Waals surface area contributed by atoms with Crippen LogP contribution in [0.15, 0.2) is 70.3 Å². The Bertz CT molecular complexity index is 926. The van der Waals surface area contributed by atoms with Crippen molar-refractivity contribution in [2.24, 2.45) is 0 Å². The zero-order valence-electron chi connectivity index (χ0n) is 12.9. The van der Waals surface area contributed by atoms with E-state index in [2.05, 4.69) is 4.98 Å². The SMILES string of the molecule is Cc1c(Cl)cccc1S(=O)(=O)N(Cc1ccco1)c1ccccn1. The molecule has 0 saturated heterocycles. The Morgan fingerprint density at radius 2 is 1.96 bits per heavy atom. The predicted octanol–water partition coefficient (Wildman–Crippen LogP) is 4.03. The van der Waals surface area contributed by atoms with Crippen LogP contribution in [0.4, 0.5) is 5.82 Å². The van der Waals surface area contributed by atoms with Crippen molar-refractivity contribution in [3.63, 3.8) is 0 Å². The third-order valence-corrected chi connectivity index (χ3v) is 5.87. The molecule has 2 heterocycles. The maximum atomic E-state index is 13.2. The van der Waals surface area contributed by atoms with E-state index >= 15 is 0 Å². The van der Waals surface area contributed by atoms with Crippen molar-refractivity contribution in [2.45, 2.75) is 18.4 Å². The fourth-order valence-electron chi connectivity index (χ4n) is 2.32.